The third-order valence-electron chi connectivity index (χ3n) is 5.04. The van der Waals surface area contributed by atoms with Gasteiger partial charge in [-0.15, -0.1) is 5.10 Å². The van der Waals surface area contributed by atoms with Crippen LogP contribution in [0.1, 0.15) is 17.0 Å². The van der Waals surface area contributed by atoms with E-state index in [0.29, 0.717) is 18.6 Å². The molecule has 0 atom stereocenters. The van der Waals surface area contributed by atoms with E-state index in [1.165, 1.54) is 12.1 Å². The van der Waals surface area contributed by atoms with Gasteiger partial charge in [0.25, 0.3) is 5.56 Å². The Labute approximate surface area is 164 Å². The number of nitrogens with one attached hydrogen (secondary N) is 1. The molecule has 3 aromatic heterocycles. The van der Waals surface area contributed by atoms with Gasteiger partial charge in [-0.3, -0.25) is 4.79 Å². The highest BCUT2D eigenvalue weighted by atomic mass is 19.1. The number of fused-ring (bicyclic) bond motifs is 3. The van der Waals surface area contributed by atoms with E-state index >= 15 is 0 Å². The Kier molecular flexibility index (Phi) is 3.97. The summed E-state index contributed by atoms with van der Waals surface area (Å²) < 4.78 is 16.7. The van der Waals surface area contributed by atoms with Gasteiger partial charge in [-0.05, 0) is 30.7 Å². The largest absolute Gasteiger partial charge is 0.330 e. The maximum absolute atomic E-state index is 13.1. The molecule has 0 fully saturated rings. The molecule has 29 heavy (non-hydrogen) atoms. The molecule has 5 rings (SSSR count). The van der Waals surface area contributed by atoms with Crippen LogP contribution in [0, 0.1) is 12.7 Å². The van der Waals surface area contributed by atoms with Gasteiger partial charge in [0.2, 0.25) is 0 Å². The predicted octanol–water partition coefficient (Wildman–Crippen LogP) is 3.01. The normalized spacial score (nSPS) is 11.5. The molecule has 0 spiro atoms. The lowest BCUT2D eigenvalue weighted by molar-refractivity contribution is 0.621. The van der Waals surface area contributed by atoms with Crippen LogP contribution in [0.3, 0.4) is 0 Å². The lowest BCUT2D eigenvalue weighted by Crippen LogP contribution is -2.14. The van der Waals surface area contributed by atoms with Gasteiger partial charge < -0.3 is 4.57 Å². The molecule has 0 saturated carbocycles. The Hall–Kier alpha value is -3.81. The number of para-hydroxylation sites is 1. The minimum absolute atomic E-state index is 0.236. The Bertz CT molecular complexity index is 1400. The molecule has 2 aromatic carbocycles. The van der Waals surface area contributed by atoms with Crippen molar-refractivity contribution in [1.82, 2.24) is 29.8 Å². The summed E-state index contributed by atoms with van der Waals surface area (Å²) in [6.07, 6.45) is 1.84. The van der Waals surface area contributed by atoms with E-state index in [1.54, 1.807) is 16.8 Å². The molecule has 0 saturated heterocycles. The Morgan fingerprint density at radius 2 is 1.86 bits per heavy atom. The fourth-order valence-electron chi connectivity index (χ4n) is 3.74. The average molecular weight is 388 g/mol. The zero-order chi connectivity index (χ0) is 20.0. The van der Waals surface area contributed by atoms with Crippen molar-refractivity contribution in [3.05, 3.63) is 87.9 Å². The lowest BCUT2D eigenvalue weighted by atomic mass is 10.1. The zero-order valence-corrected chi connectivity index (χ0v) is 15.6. The van der Waals surface area contributed by atoms with Crippen molar-refractivity contribution in [2.75, 3.05) is 0 Å². The van der Waals surface area contributed by atoms with Crippen LogP contribution in [0.5, 0.6) is 0 Å². The molecule has 8 heteroatoms. The van der Waals surface area contributed by atoms with E-state index in [1.807, 2.05) is 42.0 Å². The topological polar surface area (TPSA) is 81.4 Å². The summed E-state index contributed by atoms with van der Waals surface area (Å²) in [4.78, 5) is 12.6. The van der Waals surface area contributed by atoms with Gasteiger partial charge in [-0.25, -0.2) is 14.2 Å². The van der Waals surface area contributed by atoms with Gasteiger partial charge in [0, 0.05) is 16.3 Å². The number of H-pyrrole nitrogens is 1. The summed E-state index contributed by atoms with van der Waals surface area (Å²) in [6.45, 7) is 2.78. The quantitative estimate of drug-likeness (QED) is 0.513. The molecule has 0 amide bonds. The van der Waals surface area contributed by atoms with Crippen LogP contribution in [-0.4, -0.2) is 29.8 Å². The summed E-state index contributed by atoms with van der Waals surface area (Å²) in [7, 11) is 0. The number of aryl methyl sites for hydroxylation is 1. The van der Waals surface area contributed by atoms with Gasteiger partial charge >= 0.3 is 0 Å². The summed E-state index contributed by atoms with van der Waals surface area (Å²) in [5, 5.41) is 17.0. The highest BCUT2D eigenvalue weighted by Gasteiger charge is 2.17. The fraction of sp³-hybridized carbons (Fsp3) is 0.143. The summed E-state index contributed by atoms with van der Waals surface area (Å²) >= 11 is 0. The molecule has 0 aliphatic carbocycles. The molecule has 0 unspecified atom stereocenters. The predicted molar refractivity (Wildman–Crippen MR) is 107 cm³/mol. The van der Waals surface area contributed by atoms with Crippen molar-refractivity contribution in [2.24, 2.45) is 0 Å². The van der Waals surface area contributed by atoms with Crippen molar-refractivity contribution < 1.29 is 4.39 Å². The Morgan fingerprint density at radius 1 is 1.07 bits per heavy atom. The van der Waals surface area contributed by atoms with E-state index in [-0.39, 0.29) is 11.4 Å². The highest BCUT2D eigenvalue weighted by Crippen LogP contribution is 2.28. The van der Waals surface area contributed by atoms with Crippen molar-refractivity contribution in [2.45, 2.75) is 20.0 Å². The molecular weight excluding hydrogens is 371 g/mol. The molecule has 3 heterocycles. The van der Waals surface area contributed by atoms with Gasteiger partial charge in [-0.2, -0.15) is 5.10 Å². The second-order valence-corrected chi connectivity index (χ2v) is 7.00. The second kappa shape index (κ2) is 6.66. The van der Waals surface area contributed by atoms with Gasteiger partial charge in [0.15, 0.2) is 0 Å². The monoisotopic (exact) mass is 388 g/mol. The average Bonchev–Trinajstić information content (AvgIpc) is 3.30. The maximum Gasteiger partial charge on any atom is 0.288 e. The van der Waals surface area contributed by atoms with Gasteiger partial charge in [0.1, 0.15) is 17.0 Å². The van der Waals surface area contributed by atoms with E-state index in [0.717, 1.165) is 33.2 Å². The molecular formula is C21H17FN6O. The first-order chi connectivity index (χ1) is 14.1. The van der Waals surface area contributed by atoms with Gasteiger partial charge in [-0.1, -0.05) is 35.5 Å². The van der Waals surface area contributed by atoms with Crippen LogP contribution in [0.25, 0.3) is 21.8 Å². The van der Waals surface area contributed by atoms with Crippen LogP contribution in [0.4, 0.5) is 4.39 Å². The van der Waals surface area contributed by atoms with Crippen LogP contribution in [-0.2, 0) is 13.1 Å². The summed E-state index contributed by atoms with van der Waals surface area (Å²) in [5.41, 5.74) is 3.71. The highest BCUT2D eigenvalue weighted by molar-refractivity contribution is 6.08. The van der Waals surface area contributed by atoms with E-state index < -0.39 is 0 Å². The van der Waals surface area contributed by atoms with E-state index in [4.69, 9.17) is 0 Å². The van der Waals surface area contributed by atoms with Crippen molar-refractivity contribution in [3.8, 4) is 0 Å². The number of hydrogen-bond acceptors (Lipinski definition) is 4. The number of halogens is 1. The number of aromatic amines is 1. The standard InChI is InChI=1S/C21H17FN6O/c1-13-19-17-4-2-3-5-18(17)28(20(19)21(29)25-23-13)12-16-11-27(26-24-16)10-14-6-8-15(22)9-7-14/h2-9,11H,10,12H2,1H3,(H,25,29). The van der Waals surface area contributed by atoms with E-state index in [9.17, 15) is 9.18 Å². The Balaban J connectivity index is 1.55. The summed E-state index contributed by atoms with van der Waals surface area (Å²) in [6, 6.07) is 14.2. The molecule has 1 N–H and O–H groups in total. The van der Waals surface area contributed by atoms with Crippen molar-refractivity contribution >= 4 is 21.8 Å². The first kappa shape index (κ1) is 17.3. The minimum atomic E-state index is -0.269. The molecule has 7 nitrogen and oxygen atoms in total. The number of hydrogen-bond donors (Lipinski definition) is 1. The van der Waals surface area contributed by atoms with Crippen LogP contribution in [0.15, 0.2) is 59.5 Å². The van der Waals surface area contributed by atoms with Crippen molar-refractivity contribution in [3.63, 3.8) is 0 Å². The number of aromatic nitrogens is 6. The number of benzene rings is 2. The molecule has 0 bridgehead atoms. The van der Waals surface area contributed by atoms with Gasteiger partial charge in [0.05, 0.1) is 25.0 Å². The maximum atomic E-state index is 13.1. The molecule has 0 aliphatic heterocycles. The SMILES string of the molecule is Cc1n[nH]c(=O)c2c1c1ccccc1n2Cc1cn(Cc2ccc(F)cc2)nn1. The molecule has 144 valence electrons. The zero-order valence-electron chi connectivity index (χ0n) is 15.6. The van der Waals surface area contributed by atoms with E-state index in [2.05, 4.69) is 20.5 Å². The first-order valence-electron chi connectivity index (χ1n) is 9.20. The molecule has 0 radical (unpaired) electrons. The molecule has 5 aromatic rings. The van der Waals surface area contributed by atoms with Crippen LogP contribution >= 0.6 is 0 Å². The third-order valence-corrected chi connectivity index (χ3v) is 5.04. The second-order valence-electron chi connectivity index (χ2n) is 7.00. The first-order valence-corrected chi connectivity index (χ1v) is 9.20. The molecule has 0 aliphatic rings. The lowest BCUT2D eigenvalue weighted by Gasteiger charge is -2.04. The minimum Gasteiger partial charge on any atom is -0.330 e. The Morgan fingerprint density at radius 3 is 2.69 bits per heavy atom. The number of rotatable bonds is 4. The fourth-order valence-corrected chi connectivity index (χ4v) is 3.74. The third kappa shape index (κ3) is 2.98. The summed E-state index contributed by atoms with van der Waals surface area (Å²) in [5.74, 6) is -0.269. The smallest absolute Gasteiger partial charge is 0.288 e. The number of nitrogens with zero attached hydrogens (tertiary/aromatic N) is 5. The van der Waals surface area contributed by atoms with Crippen LogP contribution in [0.2, 0.25) is 0 Å². The van der Waals surface area contributed by atoms with Crippen molar-refractivity contribution in [1.29, 1.82) is 0 Å². The van der Waals surface area contributed by atoms with Crippen LogP contribution < -0.4 is 5.56 Å².